The van der Waals surface area contributed by atoms with Crippen LogP contribution in [0.5, 0.6) is 5.75 Å². The van der Waals surface area contributed by atoms with Crippen molar-refractivity contribution in [1.82, 2.24) is 0 Å². The summed E-state index contributed by atoms with van der Waals surface area (Å²) in [5.41, 5.74) is 1.79. The van der Waals surface area contributed by atoms with E-state index < -0.39 is 18.5 Å². The Balaban J connectivity index is 1.85. The number of hydrogen-bond donors (Lipinski definition) is 3. The van der Waals surface area contributed by atoms with Crippen LogP contribution in [-0.4, -0.2) is 34.7 Å². The second-order valence-electron chi connectivity index (χ2n) is 5.71. The number of carboxylic acid groups (broad SMARTS) is 2. The standard InChI is InChI=1S/C19H15NO7S/c1-10-15(27-9-14(21)22)17(19(24)25)28-16(10)11-4-6-12(7-5-11)20-18(23)13-3-2-8-26-13/h2-8H,9H2,1H3,(H,20,23)(H,21,22)(H,24,25). The Bertz CT molecular complexity index is 1020. The maximum atomic E-state index is 12.0. The Kier molecular flexibility index (Phi) is 5.46. The lowest BCUT2D eigenvalue weighted by molar-refractivity contribution is -0.139. The molecule has 0 bridgehead atoms. The monoisotopic (exact) mass is 401 g/mol. The number of amides is 1. The number of ether oxygens (including phenoxy) is 1. The molecule has 8 nitrogen and oxygen atoms in total. The Labute approximate surface area is 163 Å². The van der Waals surface area contributed by atoms with Crippen molar-refractivity contribution >= 4 is 34.9 Å². The van der Waals surface area contributed by atoms with Gasteiger partial charge >= 0.3 is 11.9 Å². The van der Waals surface area contributed by atoms with Crippen LogP contribution >= 0.6 is 11.3 Å². The molecule has 28 heavy (non-hydrogen) atoms. The third kappa shape index (κ3) is 4.04. The van der Waals surface area contributed by atoms with E-state index in [1.165, 1.54) is 6.26 Å². The molecule has 2 heterocycles. The Hall–Kier alpha value is -3.59. The normalized spacial score (nSPS) is 10.5. The SMILES string of the molecule is Cc1c(-c2ccc(NC(=O)c3ccco3)cc2)sc(C(=O)O)c1OCC(=O)O. The maximum absolute atomic E-state index is 12.0. The highest BCUT2D eigenvalue weighted by Crippen LogP contribution is 2.41. The summed E-state index contributed by atoms with van der Waals surface area (Å²) in [6, 6.07) is 9.96. The number of rotatable bonds is 7. The molecule has 3 aromatic rings. The molecule has 1 aromatic carbocycles. The van der Waals surface area contributed by atoms with Crippen LogP contribution in [0.3, 0.4) is 0 Å². The number of nitrogens with one attached hydrogen (secondary N) is 1. The zero-order chi connectivity index (χ0) is 20.3. The van der Waals surface area contributed by atoms with E-state index in [1.807, 2.05) is 0 Å². The first-order chi connectivity index (χ1) is 13.4. The van der Waals surface area contributed by atoms with E-state index in [9.17, 15) is 19.5 Å². The van der Waals surface area contributed by atoms with Gasteiger partial charge in [0.1, 0.15) is 5.75 Å². The van der Waals surface area contributed by atoms with Gasteiger partial charge in [-0.1, -0.05) is 12.1 Å². The highest BCUT2D eigenvalue weighted by atomic mass is 32.1. The average Bonchev–Trinajstić information content (AvgIpc) is 3.29. The molecule has 2 aromatic heterocycles. The number of aromatic carboxylic acids is 1. The van der Waals surface area contributed by atoms with Gasteiger partial charge in [-0.25, -0.2) is 9.59 Å². The molecule has 1 amide bonds. The zero-order valence-electron chi connectivity index (χ0n) is 14.6. The predicted octanol–water partition coefficient (Wildman–Crippen LogP) is 3.73. The number of anilines is 1. The van der Waals surface area contributed by atoms with E-state index >= 15 is 0 Å². The molecule has 0 aliphatic carbocycles. The van der Waals surface area contributed by atoms with Gasteiger partial charge in [-0.3, -0.25) is 4.79 Å². The number of hydrogen-bond acceptors (Lipinski definition) is 6. The molecule has 0 saturated heterocycles. The molecule has 0 aliphatic rings. The van der Waals surface area contributed by atoms with Crippen molar-refractivity contribution < 1.29 is 33.8 Å². The predicted molar refractivity (Wildman–Crippen MR) is 101 cm³/mol. The number of carbonyl (C=O) groups excluding carboxylic acids is 1. The first-order valence-electron chi connectivity index (χ1n) is 8.03. The van der Waals surface area contributed by atoms with Gasteiger partial charge < -0.3 is 24.7 Å². The van der Waals surface area contributed by atoms with Gasteiger partial charge in [-0.15, -0.1) is 11.3 Å². The van der Waals surface area contributed by atoms with Crippen LogP contribution in [-0.2, 0) is 4.79 Å². The lowest BCUT2D eigenvalue weighted by Gasteiger charge is -2.06. The van der Waals surface area contributed by atoms with Gasteiger partial charge in [-0.05, 0) is 36.8 Å². The van der Waals surface area contributed by atoms with Crippen LogP contribution in [0.25, 0.3) is 10.4 Å². The molecular weight excluding hydrogens is 386 g/mol. The van der Waals surface area contributed by atoms with Gasteiger partial charge in [0.05, 0.1) is 6.26 Å². The zero-order valence-corrected chi connectivity index (χ0v) is 15.4. The first-order valence-corrected chi connectivity index (χ1v) is 8.85. The number of carbonyl (C=O) groups is 3. The van der Waals surface area contributed by atoms with Crippen molar-refractivity contribution in [1.29, 1.82) is 0 Å². The molecule has 0 aliphatic heterocycles. The fourth-order valence-corrected chi connectivity index (χ4v) is 3.62. The van der Waals surface area contributed by atoms with Crippen molar-refractivity contribution in [2.75, 3.05) is 11.9 Å². The fraction of sp³-hybridized carbons (Fsp3) is 0.105. The number of furan rings is 1. The van der Waals surface area contributed by atoms with Crippen LogP contribution < -0.4 is 10.1 Å². The lowest BCUT2D eigenvalue weighted by atomic mass is 10.1. The molecule has 144 valence electrons. The van der Waals surface area contributed by atoms with Crippen molar-refractivity contribution in [2.45, 2.75) is 6.92 Å². The molecule has 0 atom stereocenters. The molecule has 3 N–H and O–H groups in total. The van der Waals surface area contributed by atoms with E-state index in [0.29, 0.717) is 21.7 Å². The fourth-order valence-electron chi connectivity index (χ4n) is 2.53. The van der Waals surface area contributed by atoms with Crippen molar-refractivity contribution in [3.63, 3.8) is 0 Å². The molecule has 0 saturated carbocycles. The van der Waals surface area contributed by atoms with Crippen LogP contribution in [0.15, 0.2) is 47.1 Å². The van der Waals surface area contributed by atoms with Gasteiger partial charge in [0.2, 0.25) is 0 Å². The van der Waals surface area contributed by atoms with Crippen LogP contribution in [0.2, 0.25) is 0 Å². The van der Waals surface area contributed by atoms with Crippen LogP contribution in [0.4, 0.5) is 5.69 Å². The molecule has 0 spiro atoms. The van der Waals surface area contributed by atoms with Crippen molar-refractivity contribution in [3.8, 4) is 16.2 Å². The summed E-state index contributed by atoms with van der Waals surface area (Å²) in [6.45, 7) is 1.04. The number of aliphatic carboxylic acids is 1. The quantitative estimate of drug-likeness (QED) is 0.550. The number of benzene rings is 1. The third-order valence-corrected chi connectivity index (χ3v) is 5.09. The van der Waals surface area contributed by atoms with Crippen LogP contribution in [0, 0.1) is 6.92 Å². The second-order valence-corrected chi connectivity index (χ2v) is 6.73. The summed E-state index contributed by atoms with van der Waals surface area (Å²) < 4.78 is 10.2. The Morgan fingerprint density at radius 1 is 1.14 bits per heavy atom. The van der Waals surface area contributed by atoms with E-state index in [4.69, 9.17) is 14.3 Å². The third-order valence-electron chi connectivity index (χ3n) is 3.78. The molecule has 0 unspecified atom stereocenters. The van der Waals surface area contributed by atoms with Gasteiger partial charge in [0.25, 0.3) is 5.91 Å². The van der Waals surface area contributed by atoms with E-state index in [-0.39, 0.29) is 22.3 Å². The lowest BCUT2D eigenvalue weighted by Crippen LogP contribution is -2.11. The average molecular weight is 401 g/mol. The Morgan fingerprint density at radius 2 is 1.86 bits per heavy atom. The summed E-state index contributed by atoms with van der Waals surface area (Å²) in [7, 11) is 0. The summed E-state index contributed by atoms with van der Waals surface area (Å²) in [5, 5.41) is 20.8. The molecule has 9 heteroatoms. The van der Waals surface area contributed by atoms with Gasteiger partial charge in [0, 0.05) is 16.1 Å². The first kappa shape index (κ1) is 19.2. The highest BCUT2D eigenvalue weighted by molar-refractivity contribution is 7.18. The minimum Gasteiger partial charge on any atom is -0.480 e. The minimum absolute atomic E-state index is 0.0464. The largest absolute Gasteiger partial charge is 0.480 e. The van der Waals surface area contributed by atoms with Crippen molar-refractivity contribution in [2.24, 2.45) is 0 Å². The minimum atomic E-state index is -1.19. The molecule has 0 fully saturated rings. The topological polar surface area (TPSA) is 126 Å². The van der Waals surface area contributed by atoms with Gasteiger partial charge in [-0.2, -0.15) is 0 Å². The summed E-state index contributed by atoms with van der Waals surface area (Å²) in [6.07, 6.45) is 1.40. The van der Waals surface area contributed by atoms with Crippen LogP contribution in [0.1, 0.15) is 25.8 Å². The summed E-state index contributed by atoms with van der Waals surface area (Å²) in [4.78, 5) is 34.8. The summed E-state index contributed by atoms with van der Waals surface area (Å²) in [5.74, 6) is -2.54. The molecule has 0 radical (unpaired) electrons. The second kappa shape index (κ2) is 7.97. The molecule has 3 rings (SSSR count). The number of thiophene rings is 1. The van der Waals surface area contributed by atoms with E-state index in [1.54, 1.807) is 43.3 Å². The van der Waals surface area contributed by atoms with Crippen molar-refractivity contribution in [3.05, 3.63) is 58.9 Å². The highest BCUT2D eigenvalue weighted by Gasteiger charge is 2.23. The maximum Gasteiger partial charge on any atom is 0.349 e. The van der Waals surface area contributed by atoms with Gasteiger partial charge in [0.15, 0.2) is 17.2 Å². The van der Waals surface area contributed by atoms with E-state index in [2.05, 4.69) is 5.32 Å². The smallest absolute Gasteiger partial charge is 0.349 e. The Morgan fingerprint density at radius 3 is 2.43 bits per heavy atom. The molecular formula is C19H15NO7S. The number of carboxylic acids is 2. The summed E-state index contributed by atoms with van der Waals surface area (Å²) >= 11 is 0.997. The van der Waals surface area contributed by atoms with E-state index in [0.717, 1.165) is 11.3 Å².